The molecule has 0 aliphatic rings. The molecule has 5 heteroatoms. The van der Waals surface area contributed by atoms with E-state index in [1.54, 1.807) is 18.7 Å². The molecule has 1 heterocycles. The molecule has 2 N–H and O–H groups in total. The number of nitrogens with one attached hydrogen (secondary N) is 1. The molecule has 1 aromatic heterocycles. The second kappa shape index (κ2) is 5.32. The lowest BCUT2D eigenvalue weighted by Crippen LogP contribution is -2.36. The number of pyridine rings is 1. The minimum Gasteiger partial charge on any atom is -0.387 e. The van der Waals surface area contributed by atoms with Crippen molar-refractivity contribution in [3.63, 3.8) is 0 Å². The Labute approximate surface area is 93.1 Å². The first kappa shape index (κ1) is 12.3. The molecule has 0 spiro atoms. The van der Waals surface area contributed by atoms with Crippen molar-refractivity contribution >= 4 is 17.6 Å². The molecule has 0 aliphatic carbocycles. The van der Waals surface area contributed by atoms with E-state index in [9.17, 15) is 9.50 Å². The second-order valence-electron chi connectivity index (χ2n) is 3.62. The maximum absolute atomic E-state index is 13.1. The average molecular weight is 230 g/mol. The predicted octanol–water partition coefficient (Wildman–Crippen LogP) is 1.75. The van der Waals surface area contributed by atoms with Crippen molar-refractivity contribution in [2.24, 2.45) is 0 Å². The predicted molar refractivity (Wildman–Crippen MR) is 61.7 cm³/mol. The van der Waals surface area contributed by atoms with Crippen LogP contribution in [0.3, 0.4) is 0 Å². The zero-order valence-corrected chi connectivity index (χ0v) is 9.64. The molecule has 84 valence electrons. The van der Waals surface area contributed by atoms with Gasteiger partial charge in [0, 0.05) is 18.5 Å². The third-order valence-electron chi connectivity index (χ3n) is 1.85. The molecule has 0 amide bonds. The van der Waals surface area contributed by atoms with Gasteiger partial charge in [-0.15, -0.1) is 0 Å². The third kappa shape index (κ3) is 4.05. The van der Waals surface area contributed by atoms with Crippen molar-refractivity contribution in [1.82, 2.24) is 4.98 Å². The van der Waals surface area contributed by atoms with Gasteiger partial charge in [-0.25, -0.2) is 9.37 Å². The van der Waals surface area contributed by atoms with Crippen molar-refractivity contribution in [2.75, 3.05) is 23.9 Å². The van der Waals surface area contributed by atoms with Gasteiger partial charge in [-0.05, 0) is 25.3 Å². The van der Waals surface area contributed by atoms with Crippen LogP contribution in [0.5, 0.6) is 0 Å². The van der Waals surface area contributed by atoms with Gasteiger partial charge < -0.3 is 10.4 Å². The molecule has 0 saturated carbocycles. The summed E-state index contributed by atoms with van der Waals surface area (Å²) in [6.45, 7) is 1.99. The van der Waals surface area contributed by atoms with Gasteiger partial charge in [0.1, 0.15) is 0 Å². The SMILES string of the molecule is CSCC(C)(O)CNc1ncccc1F. The smallest absolute Gasteiger partial charge is 0.165 e. The maximum atomic E-state index is 13.1. The molecule has 0 fully saturated rings. The van der Waals surface area contributed by atoms with Crippen LogP contribution in [0.25, 0.3) is 0 Å². The van der Waals surface area contributed by atoms with Gasteiger partial charge in [0.05, 0.1) is 5.60 Å². The van der Waals surface area contributed by atoms with Gasteiger partial charge in [0.25, 0.3) is 0 Å². The van der Waals surface area contributed by atoms with Crippen LogP contribution < -0.4 is 5.32 Å². The van der Waals surface area contributed by atoms with Crippen molar-refractivity contribution in [1.29, 1.82) is 0 Å². The summed E-state index contributed by atoms with van der Waals surface area (Å²) in [5.74, 6) is 0.366. The Morgan fingerprint density at radius 1 is 1.67 bits per heavy atom. The summed E-state index contributed by atoms with van der Waals surface area (Å²) in [7, 11) is 0. The van der Waals surface area contributed by atoms with Crippen molar-refractivity contribution in [3.8, 4) is 0 Å². The van der Waals surface area contributed by atoms with E-state index >= 15 is 0 Å². The monoisotopic (exact) mass is 230 g/mol. The topological polar surface area (TPSA) is 45.1 Å². The van der Waals surface area contributed by atoms with E-state index in [4.69, 9.17) is 0 Å². The van der Waals surface area contributed by atoms with E-state index in [0.717, 1.165) is 0 Å². The van der Waals surface area contributed by atoms with Crippen molar-refractivity contribution in [3.05, 3.63) is 24.1 Å². The molecular weight excluding hydrogens is 215 g/mol. The number of aliphatic hydroxyl groups is 1. The zero-order valence-electron chi connectivity index (χ0n) is 8.83. The minimum atomic E-state index is -0.858. The van der Waals surface area contributed by atoms with Crippen LogP contribution >= 0.6 is 11.8 Å². The molecule has 0 bridgehead atoms. The Morgan fingerprint density at radius 2 is 2.40 bits per heavy atom. The molecular formula is C10H15FN2OS. The number of anilines is 1. The Morgan fingerprint density at radius 3 is 3.00 bits per heavy atom. The molecule has 0 aliphatic heterocycles. The normalized spacial score (nSPS) is 14.7. The molecule has 1 aromatic rings. The van der Waals surface area contributed by atoms with E-state index in [0.29, 0.717) is 5.75 Å². The third-order valence-corrected chi connectivity index (χ3v) is 2.76. The average Bonchev–Trinajstić information content (AvgIpc) is 2.16. The van der Waals surface area contributed by atoms with Crippen LogP contribution in [-0.2, 0) is 0 Å². The van der Waals surface area contributed by atoms with Gasteiger partial charge >= 0.3 is 0 Å². The fraction of sp³-hybridized carbons (Fsp3) is 0.500. The summed E-state index contributed by atoms with van der Waals surface area (Å²) in [5, 5.41) is 12.6. The summed E-state index contributed by atoms with van der Waals surface area (Å²) in [5.41, 5.74) is -0.858. The summed E-state index contributed by atoms with van der Waals surface area (Å²) in [6, 6.07) is 2.86. The molecule has 15 heavy (non-hydrogen) atoms. The molecule has 1 atom stereocenters. The van der Waals surface area contributed by atoms with Crippen LogP contribution in [0.15, 0.2) is 18.3 Å². The fourth-order valence-electron chi connectivity index (χ4n) is 1.15. The number of nitrogens with zero attached hydrogens (tertiary/aromatic N) is 1. The number of halogens is 1. The highest BCUT2D eigenvalue weighted by Crippen LogP contribution is 2.13. The molecule has 1 unspecified atom stereocenters. The molecule has 0 saturated heterocycles. The van der Waals surface area contributed by atoms with Crippen LogP contribution in [0.4, 0.5) is 10.2 Å². The maximum Gasteiger partial charge on any atom is 0.165 e. The summed E-state index contributed by atoms with van der Waals surface area (Å²) < 4.78 is 13.1. The largest absolute Gasteiger partial charge is 0.387 e. The van der Waals surface area contributed by atoms with Crippen LogP contribution in [0, 0.1) is 5.82 Å². The van der Waals surface area contributed by atoms with E-state index < -0.39 is 11.4 Å². The van der Waals surface area contributed by atoms with E-state index in [-0.39, 0.29) is 12.4 Å². The Kier molecular flexibility index (Phi) is 4.35. The number of hydrogen-bond donors (Lipinski definition) is 2. The van der Waals surface area contributed by atoms with E-state index in [2.05, 4.69) is 10.3 Å². The standard InChI is InChI=1S/C10H15FN2OS/c1-10(14,7-15-2)6-13-9-8(11)4-3-5-12-9/h3-5,14H,6-7H2,1-2H3,(H,12,13). The second-order valence-corrected chi connectivity index (χ2v) is 4.48. The lowest BCUT2D eigenvalue weighted by molar-refractivity contribution is 0.0995. The first-order valence-corrected chi connectivity index (χ1v) is 6.00. The summed E-state index contributed by atoms with van der Waals surface area (Å²) in [6.07, 6.45) is 3.42. The first-order valence-electron chi connectivity index (χ1n) is 4.61. The Bertz CT molecular complexity index is 320. The lowest BCUT2D eigenvalue weighted by atomic mass is 10.1. The highest BCUT2D eigenvalue weighted by molar-refractivity contribution is 7.98. The van der Waals surface area contributed by atoms with Crippen molar-refractivity contribution < 1.29 is 9.50 Å². The first-order chi connectivity index (χ1) is 7.05. The van der Waals surface area contributed by atoms with Crippen molar-refractivity contribution in [2.45, 2.75) is 12.5 Å². The van der Waals surface area contributed by atoms with Gasteiger partial charge in [-0.2, -0.15) is 11.8 Å². The fourth-order valence-corrected chi connectivity index (χ4v) is 1.88. The van der Waals surface area contributed by atoms with E-state index in [1.165, 1.54) is 18.3 Å². The van der Waals surface area contributed by atoms with Gasteiger partial charge in [0.2, 0.25) is 0 Å². The lowest BCUT2D eigenvalue weighted by Gasteiger charge is -2.22. The zero-order chi connectivity index (χ0) is 11.3. The number of rotatable bonds is 5. The highest BCUT2D eigenvalue weighted by atomic mass is 32.2. The number of aromatic nitrogens is 1. The quantitative estimate of drug-likeness (QED) is 0.809. The van der Waals surface area contributed by atoms with E-state index in [1.807, 2.05) is 6.26 Å². The summed E-state index contributed by atoms with van der Waals surface area (Å²) >= 11 is 1.54. The molecule has 1 rings (SSSR count). The minimum absolute atomic E-state index is 0.180. The molecule has 0 aromatic carbocycles. The van der Waals surface area contributed by atoms with Gasteiger partial charge in [0.15, 0.2) is 11.6 Å². The van der Waals surface area contributed by atoms with Crippen LogP contribution in [0.2, 0.25) is 0 Å². The molecule has 0 radical (unpaired) electrons. The number of hydrogen-bond acceptors (Lipinski definition) is 4. The van der Waals surface area contributed by atoms with Gasteiger partial charge in [-0.3, -0.25) is 0 Å². The molecule has 3 nitrogen and oxygen atoms in total. The van der Waals surface area contributed by atoms with Crippen LogP contribution in [-0.4, -0.2) is 34.2 Å². The van der Waals surface area contributed by atoms with Gasteiger partial charge in [-0.1, -0.05) is 0 Å². The summed E-state index contributed by atoms with van der Waals surface area (Å²) in [4.78, 5) is 3.84. The number of thioether (sulfide) groups is 1. The Balaban J connectivity index is 2.53. The highest BCUT2D eigenvalue weighted by Gasteiger charge is 2.19. The Hall–Kier alpha value is -0.810. The van der Waals surface area contributed by atoms with Crippen LogP contribution in [0.1, 0.15) is 6.92 Å².